The van der Waals surface area contributed by atoms with Gasteiger partial charge in [0.1, 0.15) is 5.82 Å². The summed E-state index contributed by atoms with van der Waals surface area (Å²) in [5, 5.41) is 0. The van der Waals surface area contributed by atoms with Crippen molar-refractivity contribution in [3.8, 4) is 0 Å². The number of halogens is 2. The van der Waals surface area contributed by atoms with E-state index in [1.165, 1.54) is 18.3 Å². The molecule has 0 unspecified atom stereocenters. The third-order valence-corrected chi connectivity index (χ3v) is 2.06. The molecule has 0 N–H and O–H groups in total. The Bertz CT molecular complexity index is 507. The Morgan fingerprint density at radius 2 is 1.69 bits per heavy atom. The fourth-order valence-corrected chi connectivity index (χ4v) is 1.27. The molecule has 0 heterocycles. The zero-order valence-corrected chi connectivity index (χ0v) is 8.40. The molecule has 0 aliphatic heterocycles. The number of hydrogen-bond acceptors (Lipinski definition) is 1. The molecular formula is C13H9F2N. The quantitative estimate of drug-likeness (QED) is 0.680. The Morgan fingerprint density at radius 3 is 2.38 bits per heavy atom. The first-order valence-electron chi connectivity index (χ1n) is 4.80. The third-order valence-electron chi connectivity index (χ3n) is 2.06. The number of benzene rings is 2. The van der Waals surface area contributed by atoms with Gasteiger partial charge in [-0.1, -0.05) is 30.3 Å². The lowest BCUT2D eigenvalue weighted by Crippen LogP contribution is -1.82. The molecule has 2 aromatic carbocycles. The van der Waals surface area contributed by atoms with E-state index in [9.17, 15) is 8.78 Å². The summed E-state index contributed by atoms with van der Waals surface area (Å²) in [7, 11) is 0. The summed E-state index contributed by atoms with van der Waals surface area (Å²) in [6.45, 7) is 0. The standard InChI is InChI=1S/C13H9F2N/c14-11-6-7-13(12(15)8-11)16-9-10-4-2-1-3-5-10/h1-9H/b16-9+. The van der Waals surface area contributed by atoms with E-state index >= 15 is 0 Å². The predicted molar refractivity (Wildman–Crippen MR) is 60.1 cm³/mol. The van der Waals surface area contributed by atoms with Gasteiger partial charge < -0.3 is 0 Å². The van der Waals surface area contributed by atoms with Crippen molar-refractivity contribution in [1.82, 2.24) is 0 Å². The summed E-state index contributed by atoms with van der Waals surface area (Å²) in [5.74, 6) is -1.26. The zero-order valence-electron chi connectivity index (χ0n) is 8.40. The molecule has 0 amide bonds. The second-order valence-electron chi connectivity index (χ2n) is 3.26. The molecule has 0 saturated carbocycles. The van der Waals surface area contributed by atoms with Crippen LogP contribution in [-0.2, 0) is 0 Å². The van der Waals surface area contributed by atoms with Crippen LogP contribution in [0.25, 0.3) is 0 Å². The minimum atomic E-state index is -0.660. The van der Waals surface area contributed by atoms with Gasteiger partial charge in [0.15, 0.2) is 5.82 Å². The Hall–Kier alpha value is -2.03. The van der Waals surface area contributed by atoms with Crippen LogP contribution in [0.5, 0.6) is 0 Å². The monoisotopic (exact) mass is 217 g/mol. The van der Waals surface area contributed by atoms with Crippen molar-refractivity contribution in [2.45, 2.75) is 0 Å². The lowest BCUT2D eigenvalue weighted by molar-refractivity contribution is 0.585. The van der Waals surface area contributed by atoms with E-state index in [-0.39, 0.29) is 5.69 Å². The maximum absolute atomic E-state index is 13.2. The van der Waals surface area contributed by atoms with Gasteiger partial charge in [0, 0.05) is 12.3 Å². The van der Waals surface area contributed by atoms with Gasteiger partial charge in [-0.15, -0.1) is 0 Å². The van der Waals surface area contributed by atoms with Crippen LogP contribution in [0.4, 0.5) is 14.5 Å². The normalized spacial score (nSPS) is 10.9. The van der Waals surface area contributed by atoms with Crippen LogP contribution in [0.1, 0.15) is 5.56 Å². The summed E-state index contributed by atoms with van der Waals surface area (Å²) in [6.07, 6.45) is 1.54. The van der Waals surface area contributed by atoms with E-state index in [0.29, 0.717) is 0 Å². The SMILES string of the molecule is Fc1ccc(/N=C/c2ccccc2)c(F)c1. The zero-order chi connectivity index (χ0) is 11.4. The summed E-state index contributed by atoms with van der Waals surface area (Å²) in [5.41, 5.74) is 0.997. The average molecular weight is 217 g/mol. The minimum absolute atomic E-state index is 0.130. The first-order chi connectivity index (χ1) is 7.75. The Balaban J connectivity index is 2.24. The van der Waals surface area contributed by atoms with Crippen molar-refractivity contribution < 1.29 is 8.78 Å². The number of hydrogen-bond donors (Lipinski definition) is 0. The Kier molecular flexibility index (Phi) is 3.05. The molecule has 0 spiro atoms. The number of rotatable bonds is 2. The maximum atomic E-state index is 13.2. The Morgan fingerprint density at radius 1 is 0.938 bits per heavy atom. The van der Waals surface area contributed by atoms with E-state index in [1.54, 1.807) is 0 Å². The highest BCUT2D eigenvalue weighted by molar-refractivity contribution is 5.81. The summed E-state index contributed by atoms with van der Waals surface area (Å²) < 4.78 is 25.8. The molecule has 2 aromatic rings. The first-order valence-corrected chi connectivity index (χ1v) is 4.80. The number of nitrogens with zero attached hydrogens (tertiary/aromatic N) is 1. The lowest BCUT2D eigenvalue weighted by Gasteiger charge is -1.96. The van der Waals surface area contributed by atoms with Gasteiger partial charge in [-0.25, -0.2) is 8.78 Å². The van der Waals surface area contributed by atoms with E-state index < -0.39 is 11.6 Å². The highest BCUT2D eigenvalue weighted by Crippen LogP contribution is 2.18. The number of aliphatic imine (C=N–C) groups is 1. The van der Waals surface area contributed by atoms with Crippen molar-refractivity contribution in [3.05, 3.63) is 65.7 Å². The molecule has 16 heavy (non-hydrogen) atoms. The van der Waals surface area contributed by atoms with Crippen LogP contribution in [0.3, 0.4) is 0 Å². The molecule has 1 nitrogen and oxygen atoms in total. The summed E-state index contributed by atoms with van der Waals surface area (Å²) in [4.78, 5) is 3.95. The first kappa shape index (κ1) is 10.5. The molecule has 0 fully saturated rings. The lowest BCUT2D eigenvalue weighted by atomic mass is 10.2. The van der Waals surface area contributed by atoms with Crippen LogP contribution in [0, 0.1) is 11.6 Å². The predicted octanol–water partition coefficient (Wildman–Crippen LogP) is 3.72. The van der Waals surface area contributed by atoms with E-state index in [1.807, 2.05) is 30.3 Å². The second-order valence-corrected chi connectivity index (χ2v) is 3.26. The maximum Gasteiger partial charge on any atom is 0.151 e. The van der Waals surface area contributed by atoms with Crippen LogP contribution in [0.15, 0.2) is 53.5 Å². The molecule has 0 aliphatic rings. The molecule has 3 heteroatoms. The van der Waals surface area contributed by atoms with Gasteiger partial charge in [-0.05, 0) is 17.7 Å². The summed E-state index contributed by atoms with van der Waals surface area (Å²) >= 11 is 0. The van der Waals surface area contributed by atoms with Crippen LogP contribution in [-0.4, -0.2) is 6.21 Å². The summed E-state index contributed by atoms with van der Waals surface area (Å²) in [6, 6.07) is 12.6. The molecule has 0 radical (unpaired) electrons. The molecule has 0 aliphatic carbocycles. The van der Waals surface area contributed by atoms with Crippen LogP contribution < -0.4 is 0 Å². The van der Waals surface area contributed by atoms with E-state index in [2.05, 4.69) is 4.99 Å². The second kappa shape index (κ2) is 4.66. The largest absolute Gasteiger partial charge is 0.253 e. The van der Waals surface area contributed by atoms with Crippen molar-refractivity contribution in [1.29, 1.82) is 0 Å². The molecule has 2 rings (SSSR count). The Labute approximate surface area is 92.1 Å². The fourth-order valence-electron chi connectivity index (χ4n) is 1.27. The molecule has 80 valence electrons. The van der Waals surface area contributed by atoms with Gasteiger partial charge in [-0.2, -0.15) is 0 Å². The van der Waals surface area contributed by atoms with Gasteiger partial charge in [-0.3, -0.25) is 4.99 Å². The molecule has 0 aromatic heterocycles. The van der Waals surface area contributed by atoms with E-state index in [0.717, 1.165) is 11.6 Å². The van der Waals surface area contributed by atoms with Crippen molar-refractivity contribution in [2.75, 3.05) is 0 Å². The highest BCUT2D eigenvalue weighted by atomic mass is 19.1. The van der Waals surface area contributed by atoms with Crippen LogP contribution in [0.2, 0.25) is 0 Å². The van der Waals surface area contributed by atoms with Crippen LogP contribution >= 0.6 is 0 Å². The highest BCUT2D eigenvalue weighted by Gasteiger charge is 2.00. The third kappa shape index (κ3) is 2.51. The molecule has 0 bridgehead atoms. The van der Waals surface area contributed by atoms with Crippen molar-refractivity contribution in [2.24, 2.45) is 4.99 Å². The topological polar surface area (TPSA) is 12.4 Å². The smallest absolute Gasteiger partial charge is 0.151 e. The van der Waals surface area contributed by atoms with Gasteiger partial charge in [0.05, 0.1) is 5.69 Å². The van der Waals surface area contributed by atoms with Crippen molar-refractivity contribution >= 4 is 11.9 Å². The molecular weight excluding hydrogens is 208 g/mol. The van der Waals surface area contributed by atoms with Gasteiger partial charge in [0.25, 0.3) is 0 Å². The molecule has 0 atom stereocenters. The fraction of sp³-hybridized carbons (Fsp3) is 0. The van der Waals surface area contributed by atoms with Gasteiger partial charge in [0.2, 0.25) is 0 Å². The van der Waals surface area contributed by atoms with E-state index in [4.69, 9.17) is 0 Å². The average Bonchev–Trinajstić information content (AvgIpc) is 2.29. The molecule has 0 saturated heterocycles. The minimum Gasteiger partial charge on any atom is -0.253 e. The van der Waals surface area contributed by atoms with Crippen molar-refractivity contribution in [3.63, 3.8) is 0 Å². The van der Waals surface area contributed by atoms with Gasteiger partial charge >= 0.3 is 0 Å².